The first-order valence-electron chi connectivity index (χ1n) is 4.60. The lowest BCUT2D eigenvalue weighted by Crippen LogP contribution is -2.18. The number of carbonyl (C=O) groups is 1. The number of hydrogen-bond donors (Lipinski definition) is 1. The second kappa shape index (κ2) is 5.70. The molecule has 1 heterocycles. The minimum atomic E-state index is -0.197. The molecule has 0 aromatic carbocycles. The molecule has 0 aliphatic heterocycles. The van der Waals surface area contributed by atoms with Crippen LogP contribution >= 0.6 is 0 Å². The molecular formula is C11H13N3O. The van der Waals surface area contributed by atoms with Gasteiger partial charge in [0.2, 0.25) is 0 Å². The molecule has 78 valence electrons. The Labute approximate surface area is 88.7 Å². The van der Waals surface area contributed by atoms with Gasteiger partial charge in [-0.05, 0) is 19.9 Å². The Hall–Kier alpha value is -1.97. The Morgan fingerprint density at radius 3 is 3.00 bits per heavy atom. The number of rotatable bonds is 3. The molecule has 0 aliphatic carbocycles. The van der Waals surface area contributed by atoms with Crippen molar-refractivity contribution in [3.05, 3.63) is 41.7 Å². The Morgan fingerprint density at radius 1 is 1.60 bits per heavy atom. The minimum absolute atomic E-state index is 0.197. The van der Waals surface area contributed by atoms with Crippen molar-refractivity contribution in [1.29, 1.82) is 0 Å². The van der Waals surface area contributed by atoms with Gasteiger partial charge in [0.15, 0.2) is 0 Å². The Balaban J connectivity index is 2.51. The molecule has 1 aromatic rings. The van der Waals surface area contributed by atoms with E-state index in [2.05, 4.69) is 15.5 Å². The first-order valence-corrected chi connectivity index (χ1v) is 4.60. The van der Waals surface area contributed by atoms with Crippen LogP contribution in [0.25, 0.3) is 0 Å². The van der Waals surface area contributed by atoms with Gasteiger partial charge >= 0.3 is 0 Å². The van der Waals surface area contributed by atoms with Crippen LogP contribution in [0.5, 0.6) is 0 Å². The quantitative estimate of drug-likeness (QED) is 0.460. The van der Waals surface area contributed by atoms with E-state index in [1.54, 1.807) is 44.6 Å². The lowest BCUT2D eigenvalue weighted by molar-refractivity contribution is -0.117. The third-order valence-electron chi connectivity index (χ3n) is 1.86. The minimum Gasteiger partial charge on any atom is -0.268 e. The van der Waals surface area contributed by atoms with E-state index in [9.17, 15) is 4.79 Å². The smallest absolute Gasteiger partial charge is 0.266 e. The van der Waals surface area contributed by atoms with Crippen LogP contribution in [0.15, 0.2) is 41.3 Å². The Bertz CT molecular complexity index is 382. The van der Waals surface area contributed by atoms with Crippen LogP contribution in [0.3, 0.4) is 0 Å². The van der Waals surface area contributed by atoms with E-state index in [0.29, 0.717) is 5.57 Å². The molecule has 0 saturated carbocycles. The van der Waals surface area contributed by atoms with Gasteiger partial charge in [-0.15, -0.1) is 0 Å². The van der Waals surface area contributed by atoms with Crippen LogP contribution in [-0.2, 0) is 4.79 Å². The molecule has 1 rings (SSSR count). The standard InChI is InChI=1S/C11H13N3O/c1-3-9(2)11(15)14-13-8-10-5-4-6-12-7-10/h3-8H,1-2H3,(H,14,15)/b9-3-,13-8+. The number of pyridine rings is 1. The van der Waals surface area contributed by atoms with E-state index in [4.69, 9.17) is 0 Å². The maximum absolute atomic E-state index is 11.3. The summed E-state index contributed by atoms with van der Waals surface area (Å²) >= 11 is 0. The van der Waals surface area contributed by atoms with Crippen LogP contribution in [0, 0.1) is 0 Å². The highest BCUT2D eigenvalue weighted by atomic mass is 16.2. The zero-order valence-corrected chi connectivity index (χ0v) is 8.77. The fourth-order valence-electron chi connectivity index (χ4n) is 0.837. The predicted molar refractivity (Wildman–Crippen MR) is 59.4 cm³/mol. The second-order valence-electron chi connectivity index (χ2n) is 2.96. The fraction of sp³-hybridized carbons (Fsp3) is 0.182. The second-order valence-corrected chi connectivity index (χ2v) is 2.96. The van der Waals surface area contributed by atoms with Crippen molar-refractivity contribution in [2.45, 2.75) is 13.8 Å². The monoisotopic (exact) mass is 203 g/mol. The van der Waals surface area contributed by atoms with Gasteiger partial charge in [-0.25, -0.2) is 5.43 Å². The van der Waals surface area contributed by atoms with Crippen molar-refractivity contribution in [3.63, 3.8) is 0 Å². The average molecular weight is 203 g/mol. The number of nitrogens with zero attached hydrogens (tertiary/aromatic N) is 2. The first-order chi connectivity index (χ1) is 7.24. The molecule has 15 heavy (non-hydrogen) atoms. The van der Waals surface area contributed by atoms with Crippen molar-refractivity contribution in [2.24, 2.45) is 5.10 Å². The topological polar surface area (TPSA) is 54.4 Å². The zero-order chi connectivity index (χ0) is 11.1. The molecule has 0 fully saturated rings. The van der Waals surface area contributed by atoms with Crippen molar-refractivity contribution in [2.75, 3.05) is 0 Å². The number of aromatic nitrogens is 1. The highest BCUT2D eigenvalue weighted by molar-refractivity contribution is 5.93. The van der Waals surface area contributed by atoms with E-state index in [1.807, 2.05) is 6.07 Å². The SMILES string of the molecule is C/C=C(/C)C(=O)N/N=C/c1cccnc1. The van der Waals surface area contributed by atoms with Gasteiger partial charge in [0.05, 0.1) is 6.21 Å². The van der Waals surface area contributed by atoms with Crippen molar-refractivity contribution in [1.82, 2.24) is 10.4 Å². The number of allylic oxidation sites excluding steroid dienone is 1. The molecule has 0 aliphatic rings. The van der Waals surface area contributed by atoms with E-state index in [0.717, 1.165) is 5.56 Å². The maximum Gasteiger partial charge on any atom is 0.266 e. The van der Waals surface area contributed by atoms with Crippen LogP contribution in [-0.4, -0.2) is 17.1 Å². The van der Waals surface area contributed by atoms with Gasteiger partial charge < -0.3 is 0 Å². The summed E-state index contributed by atoms with van der Waals surface area (Å²) in [5.41, 5.74) is 3.90. The molecule has 4 nitrogen and oxygen atoms in total. The van der Waals surface area contributed by atoms with Gasteiger partial charge in [-0.1, -0.05) is 12.1 Å². The molecule has 0 unspecified atom stereocenters. The third-order valence-corrected chi connectivity index (χ3v) is 1.86. The summed E-state index contributed by atoms with van der Waals surface area (Å²) in [7, 11) is 0. The largest absolute Gasteiger partial charge is 0.268 e. The first kappa shape index (κ1) is 11.1. The van der Waals surface area contributed by atoms with E-state index < -0.39 is 0 Å². The van der Waals surface area contributed by atoms with E-state index in [-0.39, 0.29) is 5.91 Å². The molecule has 0 saturated heterocycles. The number of hydrogen-bond acceptors (Lipinski definition) is 3. The Morgan fingerprint density at radius 2 is 2.40 bits per heavy atom. The van der Waals surface area contributed by atoms with Gasteiger partial charge in [0.1, 0.15) is 0 Å². The fourth-order valence-corrected chi connectivity index (χ4v) is 0.837. The number of nitrogens with one attached hydrogen (secondary N) is 1. The lowest BCUT2D eigenvalue weighted by Gasteiger charge is -1.97. The summed E-state index contributed by atoms with van der Waals surface area (Å²) in [5, 5.41) is 3.81. The third kappa shape index (κ3) is 3.72. The van der Waals surface area contributed by atoms with Crippen molar-refractivity contribution < 1.29 is 4.79 Å². The average Bonchev–Trinajstić information content (AvgIpc) is 2.29. The van der Waals surface area contributed by atoms with Crippen molar-refractivity contribution >= 4 is 12.1 Å². The Kier molecular flexibility index (Phi) is 4.22. The summed E-state index contributed by atoms with van der Waals surface area (Å²) in [4.78, 5) is 15.2. The summed E-state index contributed by atoms with van der Waals surface area (Å²) in [6.07, 6.45) is 6.63. The molecule has 4 heteroatoms. The molecule has 1 amide bonds. The van der Waals surface area contributed by atoms with Gasteiger partial charge in [-0.2, -0.15) is 5.10 Å². The molecule has 0 bridgehead atoms. The van der Waals surface area contributed by atoms with Gasteiger partial charge in [0, 0.05) is 23.5 Å². The highest BCUT2D eigenvalue weighted by Crippen LogP contribution is 1.92. The normalized spacial score (nSPS) is 11.7. The predicted octanol–water partition coefficient (Wildman–Crippen LogP) is 1.50. The van der Waals surface area contributed by atoms with Crippen LogP contribution < -0.4 is 5.43 Å². The maximum atomic E-state index is 11.3. The van der Waals surface area contributed by atoms with Crippen molar-refractivity contribution in [3.8, 4) is 0 Å². The number of carbonyl (C=O) groups excluding carboxylic acids is 1. The zero-order valence-electron chi connectivity index (χ0n) is 8.77. The van der Waals surface area contributed by atoms with Gasteiger partial charge in [0.25, 0.3) is 5.91 Å². The number of hydrazone groups is 1. The summed E-state index contributed by atoms with van der Waals surface area (Å²) in [6.45, 7) is 3.54. The summed E-state index contributed by atoms with van der Waals surface area (Å²) < 4.78 is 0. The molecule has 1 N–H and O–H groups in total. The highest BCUT2D eigenvalue weighted by Gasteiger charge is 1.98. The van der Waals surface area contributed by atoms with Crippen LogP contribution in [0.4, 0.5) is 0 Å². The molecule has 0 radical (unpaired) electrons. The summed E-state index contributed by atoms with van der Waals surface area (Å²) in [5.74, 6) is -0.197. The number of amides is 1. The molecule has 1 aromatic heterocycles. The van der Waals surface area contributed by atoms with E-state index >= 15 is 0 Å². The van der Waals surface area contributed by atoms with Gasteiger partial charge in [-0.3, -0.25) is 9.78 Å². The molecule has 0 spiro atoms. The van der Waals surface area contributed by atoms with E-state index in [1.165, 1.54) is 0 Å². The molecular weight excluding hydrogens is 190 g/mol. The summed E-state index contributed by atoms with van der Waals surface area (Å²) in [6, 6.07) is 3.66. The molecule has 0 atom stereocenters. The van der Waals surface area contributed by atoms with Crippen LogP contribution in [0.1, 0.15) is 19.4 Å². The van der Waals surface area contributed by atoms with Crippen LogP contribution in [0.2, 0.25) is 0 Å². The lowest BCUT2D eigenvalue weighted by atomic mass is 10.3.